The Kier molecular flexibility index (Phi) is 5.15. The Labute approximate surface area is 140 Å². The number of rotatable bonds is 8. The van der Waals surface area contributed by atoms with Crippen molar-refractivity contribution in [2.24, 2.45) is 0 Å². The van der Waals surface area contributed by atoms with Gasteiger partial charge in [-0.25, -0.2) is 0 Å². The van der Waals surface area contributed by atoms with Gasteiger partial charge in [0.25, 0.3) is 17.3 Å². The molecule has 1 saturated heterocycles. The van der Waals surface area contributed by atoms with Gasteiger partial charge in [0.15, 0.2) is 0 Å². The van der Waals surface area contributed by atoms with Gasteiger partial charge < -0.3 is 25.5 Å². The quantitative estimate of drug-likeness (QED) is 0.252. The average molecular weight is 356 g/mol. The summed E-state index contributed by atoms with van der Waals surface area (Å²) in [6.07, 6.45) is 0. The maximum absolute atomic E-state index is 12.4. The lowest BCUT2D eigenvalue weighted by Crippen LogP contribution is -2.57. The molecule has 0 saturated carbocycles. The number of carbonyl (C=O) groups is 1. The number of nitrogens with zero attached hydrogens (tertiary/aromatic N) is 3. The van der Waals surface area contributed by atoms with E-state index in [1.807, 2.05) is 0 Å². The van der Waals surface area contributed by atoms with Crippen LogP contribution in [-0.4, -0.2) is 69.5 Å². The summed E-state index contributed by atoms with van der Waals surface area (Å²) in [5.74, 6) is -1.05. The molecule has 1 fully saturated rings. The third-order valence-electron chi connectivity index (χ3n) is 3.81. The van der Waals surface area contributed by atoms with Crippen LogP contribution >= 0.6 is 0 Å². The topological polar surface area (TPSA) is 179 Å². The number of aliphatic hydroxyl groups excluding tert-OH is 3. The number of nitro groups is 2. The van der Waals surface area contributed by atoms with Crippen molar-refractivity contribution in [3.05, 3.63) is 37.9 Å². The zero-order valence-electron chi connectivity index (χ0n) is 12.9. The molecule has 2 rings (SSSR count). The Morgan fingerprint density at radius 3 is 2.00 bits per heavy atom. The number of hydrogen-bond acceptors (Lipinski definition) is 9. The highest BCUT2D eigenvalue weighted by molar-refractivity contribution is 6.00. The van der Waals surface area contributed by atoms with E-state index >= 15 is 0 Å². The first-order valence-electron chi connectivity index (χ1n) is 7.15. The van der Waals surface area contributed by atoms with Gasteiger partial charge in [0, 0.05) is 13.1 Å². The first kappa shape index (κ1) is 18.5. The van der Waals surface area contributed by atoms with Crippen LogP contribution in [0.1, 0.15) is 10.4 Å². The molecule has 25 heavy (non-hydrogen) atoms. The fraction of sp³-hybridized carbons (Fsp3) is 0.462. The number of amides is 1. The van der Waals surface area contributed by atoms with Crippen molar-refractivity contribution >= 4 is 23.0 Å². The molecule has 0 bridgehead atoms. The van der Waals surface area contributed by atoms with Crippen molar-refractivity contribution in [3.8, 4) is 0 Å². The first-order chi connectivity index (χ1) is 11.8. The molecule has 0 unspecified atom stereocenters. The molecule has 1 aromatic carbocycles. The number of nitrogens with one attached hydrogen (secondary N) is 1. The second-order valence-corrected chi connectivity index (χ2v) is 5.57. The minimum Gasteiger partial charge on any atom is -0.394 e. The van der Waals surface area contributed by atoms with Crippen molar-refractivity contribution in [1.29, 1.82) is 0 Å². The summed E-state index contributed by atoms with van der Waals surface area (Å²) in [6, 6.07) is 1.72. The van der Waals surface area contributed by atoms with Crippen LogP contribution in [0.4, 0.5) is 17.1 Å². The molecule has 1 aromatic rings. The van der Waals surface area contributed by atoms with Crippen LogP contribution in [0.25, 0.3) is 0 Å². The zero-order valence-corrected chi connectivity index (χ0v) is 12.9. The Bertz CT molecular complexity index is 706. The number of carbonyl (C=O) groups excluding carboxylic acids is 1. The second-order valence-electron chi connectivity index (χ2n) is 5.57. The third kappa shape index (κ3) is 3.65. The van der Waals surface area contributed by atoms with Crippen LogP contribution in [0.3, 0.4) is 0 Å². The molecular formula is C13H16N4O8. The van der Waals surface area contributed by atoms with Crippen molar-refractivity contribution in [2.75, 3.05) is 37.8 Å². The standard InChI is InChI=1S/C13H16N4O8/c18-5-13(6-19,7-20)14-12(21)8-3-10(15-1-2-15)11(17(24)25)4-9(8)16(22)23/h3-4,18-20H,1-2,5-7H2,(H,14,21). The molecule has 4 N–H and O–H groups in total. The molecule has 0 atom stereocenters. The van der Waals surface area contributed by atoms with Gasteiger partial charge in [-0.15, -0.1) is 0 Å². The van der Waals surface area contributed by atoms with E-state index in [9.17, 15) is 40.3 Å². The molecule has 1 amide bonds. The van der Waals surface area contributed by atoms with Gasteiger partial charge in [-0.05, 0) is 6.07 Å². The minimum atomic E-state index is -1.78. The predicted molar refractivity (Wildman–Crippen MR) is 83.4 cm³/mol. The van der Waals surface area contributed by atoms with Crippen LogP contribution in [0.15, 0.2) is 12.1 Å². The van der Waals surface area contributed by atoms with E-state index in [4.69, 9.17) is 0 Å². The van der Waals surface area contributed by atoms with E-state index in [1.165, 1.54) is 0 Å². The highest BCUT2D eigenvalue weighted by atomic mass is 16.6. The molecule has 1 aliphatic rings. The Hall–Kier alpha value is -2.83. The van der Waals surface area contributed by atoms with Gasteiger partial charge >= 0.3 is 0 Å². The summed E-state index contributed by atoms with van der Waals surface area (Å²) >= 11 is 0. The molecule has 136 valence electrons. The van der Waals surface area contributed by atoms with E-state index in [0.29, 0.717) is 19.2 Å². The van der Waals surface area contributed by atoms with E-state index in [2.05, 4.69) is 5.32 Å². The molecule has 1 heterocycles. The number of anilines is 1. The summed E-state index contributed by atoms with van der Waals surface area (Å²) < 4.78 is 0. The SMILES string of the molecule is O=C(NC(CO)(CO)CO)c1cc(N2CC2)c([N+](=O)[O-])cc1[N+](=O)[O-]. The molecule has 12 heteroatoms. The lowest BCUT2D eigenvalue weighted by Gasteiger charge is -2.28. The molecule has 12 nitrogen and oxygen atoms in total. The maximum Gasteiger partial charge on any atom is 0.299 e. The van der Waals surface area contributed by atoms with Crippen molar-refractivity contribution in [3.63, 3.8) is 0 Å². The van der Waals surface area contributed by atoms with E-state index in [-0.39, 0.29) is 5.69 Å². The van der Waals surface area contributed by atoms with Crippen LogP contribution < -0.4 is 10.2 Å². The van der Waals surface area contributed by atoms with Gasteiger partial charge in [-0.1, -0.05) is 0 Å². The zero-order chi connectivity index (χ0) is 18.8. The fourth-order valence-corrected chi connectivity index (χ4v) is 2.17. The van der Waals surface area contributed by atoms with Crippen LogP contribution in [0, 0.1) is 20.2 Å². The average Bonchev–Trinajstić information content (AvgIpc) is 3.43. The largest absolute Gasteiger partial charge is 0.394 e. The van der Waals surface area contributed by atoms with E-state index < -0.39 is 58.1 Å². The normalized spacial score (nSPS) is 13.5. The van der Waals surface area contributed by atoms with Crippen LogP contribution in [0.2, 0.25) is 0 Å². The fourth-order valence-electron chi connectivity index (χ4n) is 2.17. The van der Waals surface area contributed by atoms with Crippen molar-refractivity contribution < 1.29 is 30.0 Å². The minimum absolute atomic E-state index is 0.0587. The molecular weight excluding hydrogens is 340 g/mol. The highest BCUT2D eigenvalue weighted by Gasteiger charge is 2.36. The van der Waals surface area contributed by atoms with Gasteiger partial charge in [-0.2, -0.15) is 0 Å². The number of benzene rings is 1. The maximum atomic E-state index is 12.4. The van der Waals surface area contributed by atoms with Gasteiger partial charge in [0.1, 0.15) is 16.8 Å². The molecule has 0 aliphatic carbocycles. The Balaban J connectivity index is 2.51. The Morgan fingerprint density at radius 1 is 1.08 bits per heavy atom. The van der Waals surface area contributed by atoms with Crippen molar-refractivity contribution in [2.45, 2.75) is 5.54 Å². The molecule has 0 radical (unpaired) electrons. The number of hydrogen-bond donors (Lipinski definition) is 4. The predicted octanol–water partition coefficient (Wildman–Crippen LogP) is -1.23. The molecule has 1 aliphatic heterocycles. The summed E-state index contributed by atoms with van der Waals surface area (Å²) in [4.78, 5) is 34.6. The van der Waals surface area contributed by atoms with Gasteiger partial charge in [-0.3, -0.25) is 25.0 Å². The Morgan fingerprint density at radius 2 is 1.60 bits per heavy atom. The summed E-state index contributed by atoms with van der Waals surface area (Å²) in [5.41, 5.74) is -3.50. The third-order valence-corrected chi connectivity index (χ3v) is 3.81. The number of nitro benzene ring substituents is 2. The van der Waals surface area contributed by atoms with Gasteiger partial charge in [0.2, 0.25) is 0 Å². The summed E-state index contributed by atoms with van der Waals surface area (Å²) in [7, 11) is 0. The lowest BCUT2D eigenvalue weighted by molar-refractivity contribution is -0.393. The van der Waals surface area contributed by atoms with E-state index in [1.54, 1.807) is 4.90 Å². The van der Waals surface area contributed by atoms with Gasteiger partial charge in [0.05, 0.1) is 35.7 Å². The van der Waals surface area contributed by atoms with E-state index in [0.717, 1.165) is 6.07 Å². The number of aliphatic hydroxyl groups is 3. The van der Waals surface area contributed by atoms with Crippen LogP contribution in [-0.2, 0) is 0 Å². The van der Waals surface area contributed by atoms with Crippen molar-refractivity contribution in [1.82, 2.24) is 5.32 Å². The first-order valence-corrected chi connectivity index (χ1v) is 7.15. The van der Waals surface area contributed by atoms with Crippen LogP contribution in [0.5, 0.6) is 0 Å². The second kappa shape index (κ2) is 6.96. The monoisotopic (exact) mass is 356 g/mol. The summed E-state index contributed by atoms with van der Waals surface area (Å²) in [6.45, 7) is -1.43. The smallest absolute Gasteiger partial charge is 0.299 e. The lowest BCUT2D eigenvalue weighted by atomic mass is 10.0. The summed E-state index contributed by atoms with van der Waals surface area (Å²) in [5, 5.41) is 52.3. The highest BCUT2D eigenvalue weighted by Crippen LogP contribution is 2.37. The molecule has 0 spiro atoms. The molecule has 0 aromatic heterocycles.